The molecule has 0 bridgehead atoms. The summed E-state index contributed by atoms with van der Waals surface area (Å²) in [6, 6.07) is 12.6. The van der Waals surface area contributed by atoms with E-state index < -0.39 is 11.6 Å². The van der Waals surface area contributed by atoms with Gasteiger partial charge in [-0.05, 0) is 61.1 Å². The van der Waals surface area contributed by atoms with E-state index in [-0.39, 0.29) is 23.7 Å². The van der Waals surface area contributed by atoms with Crippen molar-refractivity contribution in [3.63, 3.8) is 0 Å². The van der Waals surface area contributed by atoms with Gasteiger partial charge in [-0.2, -0.15) is 5.10 Å². The molecule has 2 aliphatic rings. The van der Waals surface area contributed by atoms with E-state index in [1.54, 1.807) is 24.3 Å². The van der Waals surface area contributed by atoms with Gasteiger partial charge >= 0.3 is 6.03 Å². The number of nitrogens with zero attached hydrogens (tertiary/aromatic N) is 3. The minimum atomic E-state index is -1.13. The number of pyridine rings is 1. The summed E-state index contributed by atoms with van der Waals surface area (Å²) in [5, 5.41) is 12.7. The number of nitrogens with one attached hydrogen (secondary N) is 3. The average Bonchev–Trinajstić information content (AvgIpc) is 3.49. The number of aromatic amines is 1. The third kappa shape index (κ3) is 4.14. The first-order valence-electron chi connectivity index (χ1n) is 12.3. The molecular formula is C27H30N6O3. The second kappa shape index (κ2) is 9.22. The average molecular weight is 487 g/mol. The highest BCUT2D eigenvalue weighted by molar-refractivity contribution is 6.07. The molecule has 0 aliphatic carbocycles. The highest BCUT2D eigenvalue weighted by atomic mass is 16.2. The van der Waals surface area contributed by atoms with Crippen molar-refractivity contribution in [1.82, 2.24) is 30.7 Å². The largest absolute Gasteiger partial charge is 0.339 e. The molecule has 9 nitrogen and oxygen atoms in total. The molecule has 2 aliphatic heterocycles. The van der Waals surface area contributed by atoms with Gasteiger partial charge in [0, 0.05) is 30.8 Å². The molecule has 3 aromatic rings. The SMILES string of the molecule is Cc1ccc(-c2cc(C3CCN(C(=O)c4ccc([C@@]5(C(C)C)NC(=O)NC5=O)cc4)CC3)n[nH]2)nc1. The Labute approximate surface area is 209 Å². The second-order valence-corrected chi connectivity index (χ2v) is 9.94. The number of H-pyrrole nitrogens is 1. The third-order valence-electron chi connectivity index (χ3n) is 7.33. The lowest BCUT2D eigenvalue weighted by atomic mass is 9.79. The molecule has 4 heterocycles. The van der Waals surface area contributed by atoms with E-state index in [2.05, 4.69) is 31.9 Å². The monoisotopic (exact) mass is 486 g/mol. The number of likely N-dealkylation sites (tertiary alicyclic amines) is 1. The Bertz CT molecular complexity index is 1290. The summed E-state index contributed by atoms with van der Waals surface area (Å²) < 4.78 is 0. The number of carbonyl (C=O) groups is 3. The van der Waals surface area contributed by atoms with Crippen molar-refractivity contribution < 1.29 is 14.4 Å². The number of piperidine rings is 1. The number of aromatic nitrogens is 3. The van der Waals surface area contributed by atoms with Crippen LogP contribution in [0.1, 0.15) is 59.8 Å². The van der Waals surface area contributed by atoms with Crippen LogP contribution in [-0.2, 0) is 10.3 Å². The van der Waals surface area contributed by atoms with E-state index in [1.165, 1.54) is 0 Å². The quantitative estimate of drug-likeness (QED) is 0.477. The smallest absolute Gasteiger partial charge is 0.322 e. The zero-order valence-electron chi connectivity index (χ0n) is 20.7. The van der Waals surface area contributed by atoms with E-state index in [9.17, 15) is 14.4 Å². The Morgan fingerprint density at radius 2 is 1.81 bits per heavy atom. The third-order valence-corrected chi connectivity index (χ3v) is 7.33. The first-order valence-corrected chi connectivity index (χ1v) is 12.3. The van der Waals surface area contributed by atoms with Crippen LogP contribution < -0.4 is 10.6 Å². The van der Waals surface area contributed by atoms with Crippen molar-refractivity contribution in [3.05, 3.63) is 71.0 Å². The molecule has 2 saturated heterocycles. The van der Waals surface area contributed by atoms with Crippen LogP contribution in [0.2, 0.25) is 0 Å². The van der Waals surface area contributed by atoms with Gasteiger partial charge < -0.3 is 10.2 Å². The normalized spacial score (nSPS) is 20.5. The molecule has 1 aromatic carbocycles. The summed E-state index contributed by atoms with van der Waals surface area (Å²) in [6.45, 7) is 7.06. The Morgan fingerprint density at radius 3 is 2.39 bits per heavy atom. The Hall–Kier alpha value is -4.01. The highest BCUT2D eigenvalue weighted by Crippen LogP contribution is 2.34. The van der Waals surface area contributed by atoms with E-state index >= 15 is 0 Å². The zero-order valence-corrected chi connectivity index (χ0v) is 20.7. The fraction of sp³-hybridized carbons (Fsp3) is 0.370. The predicted octanol–water partition coefficient (Wildman–Crippen LogP) is 3.49. The molecule has 5 rings (SSSR count). The lowest BCUT2D eigenvalue weighted by molar-refractivity contribution is -0.125. The lowest BCUT2D eigenvalue weighted by Crippen LogP contribution is -2.48. The number of carbonyl (C=O) groups excluding carboxylic acids is 3. The molecule has 0 spiro atoms. The summed E-state index contributed by atoms with van der Waals surface area (Å²) in [5.74, 6) is -0.287. The molecule has 0 unspecified atom stereocenters. The van der Waals surface area contributed by atoms with Gasteiger partial charge in [0.05, 0.1) is 17.1 Å². The van der Waals surface area contributed by atoms with Gasteiger partial charge in [-0.1, -0.05) is 32.0 Å². The van der Waals surface area contributed by atoms with Gasteiger partial charge in [-0.3, -0.25) is 25.0 Å². The number of aryl methyl sites for hydroxylation is 1. The standard InChI is InChI=1S/C27H30N6O3/c1-16(2)27(25(35)29-26(36)30-27)20-7-5-19(6-8-20)24(34)33-12-10-18(11-13-33)22-14-23(32-31-22)21-9-4-17(3)15-28-21/h4-9,14-16,18H,10-13H2,1-3H3,(H,31,32)(H2,29,30,35,36)/t27-/m1/s1. The Morgan fingerprint density at radius 1 is 1.08 bits per heavy atom. The molecule has 0 radical (unpaired) electrons. The molecule has 0 saturated carbocycles. The van der Waals surface area contributed by atoms with Gasteiger partial charge in [0.25, 0.3) is 11.8 Å². The Kier molecular flexibility index (Phi) is 6.07. The molecule has 4 amide bonds. The van der Waals surface area contributed by atoms with Gasteiger partial charge in [-0.15, -0.1) is 0 Å². The van der Waals surface area contributed by atoms with Crippen LogP contribution >= 0.6 is 0 Å². The summed E-state index contributed by atoms with van der Waals surface area (Å²) in [4.78, 5) is 43.9. The second-order valence-electron chi connectivity index (χ2n) is 9.94. The van der Waals surface area contributed by atoms with Crippen LogP contribution in [0, 0.1) is 12.8 Å². The minimum Gasteiger partial charge on any atom is -0.339 e. The maximum atomic E-state index is 13.2. The number of urea groups is 1. The maximum Gasteiger partial charge on any atom is 0.322 e. The molecule has 2 fully saturated rings. The first kappa shape index (κ1) is 23.7. The van der Waals surface area contributed by atoms with Crippen molar-refractivity contribution in [2.45, 2.75) is 45.1 Å². The van der Waals surface area contributed by atoms with Crippen molar-refractivity contribution in [1.29, 1.82) is 0 Å². The fourth-order valence-corrected chi connectivity index (χ4v) is 5.15. The molecule has 1 atom stereocenters. The fourth-order valence-electron chi connectivity index (χ4n) is 5.15. The van der Waals surface area contributed by atoms with Gasteiger partial charge in [0.15, 0.2) is 0 Å². The van der Waals surface area contributed by atoms with Gasteiger partial charge in [0.1, 0.15) is 5.54 Å². The van der Waals surface area contributed by atoms with E-state index in [0.717, 1.165) is 35.5 Å². The van der Waals surface area contributed by atoms with Crippen LogP contribution in [0.4, 0.5) is 4.79 Å². The first-order chi connectivity index (χ1) is 17.3. The summed E-state index contributed by atoms with van der Waals surface area (Å²) in [6.07, 6.45) is 3.50. The van der Waals surface area contributed by atoms with Crippen molar-refractivity contribution in [2.75, 3.05) is 13.1 Å². The molecule has 186 valence electrons. The highest BCUT2D eigenvalue weighted by Gasteiger charge is 2.50. The van der Waals surface area contributed by atoms with Crippen molar-refractivity contribution >= 4 is 17.8 Å². The summed E-state index contributed by atoms with van der Waals surface area (Å²) in [5.41, 5.74) is 3.97. The van der Waals surface area contributed by atoms with Crippen LogP contribution in [0.25, 0.3) is 11.4 Å². The van der Waals surface area contributed by atoms with Gasteiger partial charge in [-0.25, -0.2) is 4.79 Å². The number of rotatable bonds is 5. The van der Waals surface area contributed by atoms with E-state index in [1.807, 2.05) is 44.0 Å². The molecule has 3 N–H and O–H groups in total. The van der Waals surface area contributed by atoms with E-state index in [4.69, 9.17) is 0 Å². The Balaban J connectivity index is 1.24. The van der Waals surface area contributed by atoms with Crippen LogP contribution in [0.15, 0.2) is 48.7 Å². The molecule has 2 aromatic heterocycles. The van der Waals surface area contributed by atoms with Crippen LogP contribution in [0.5, 0.6) is 0 Å². The number of imide groups is 1. The lowest BCUT2D eigenvalue weighted by Gasteiger charge is -2.32. The molecular weight excluding hydrogens is 456 g/mol. The minimum absolute atomic E-state index is 0.0370. The zero-order chi connectivity index (χ0) is 25.4. The van der Waals surface area contributed by atoms with Crippen molar-refractivity contribution in [2.24, 2.45) is 5.92 Å². The van der Waals surface area contributed by atoms with Gasteiger partial charge in [0.2, 0.25) is 0 Å². The number of hydrogen-bond acceptors (Lipinski definition) is 5. The maximum absolute atomic E-state index is 13.2. The van der Waals surface area contributed by atoms with Crippen LogP contribution in [-0.4, -0.2) is 51.0 Å². The number of hydrogen-bond donors (Lipinski definition) is 3. The number of benzene rings is 1. The predicted molar refractivity (Wildman–Crippen MR) is 134 cm³/mol. The van der Waals surface area contributed by atoms with Crippen molar-refractivity contribution in [3.8, 4) is 11.4 Å². The summed E-state index contributed by atoms with van der Waals surface area (Å²) >= 11 is 0. The molecule has 9 heteroatoms. The summed E-state index contributed by atoms with van der Waals surface area (Å²) in [7, 11) is 0. The van der Waals surface area contributed by atoms with E-state index in [0.29, 0.717) is 24.2 Å². The van der Waals surface area contributed by atoms with Crippen LogP contribution in [0.3, 0.4) is 0 Å². The number of amides is 4. The molecule has 36 heavy (non-hydrogen) atoms. The topological polar surface area (TPSA) is 120 Å².